The molecule has 0 saturated carbocycles. The van der Waals surface area contributed by atoms with Crippen molar-refractivity contribution < 1.29 is 19.1 Å². The molecule has 4 nitrogen and oxygen atoms in total. The largest absolute Gasteiger partial charge is 0.548 e. The Morgan fingerprint density at radius 3 is 1.79 bits per heavy atom. The van der Waals surface area contributed by atoms with Gasteiger partial charge in [-0.25, -0.2) is 4.79 Å². The van der Waals surface area contributed by atoms with Crippen LogP contribution in [-0.4, -0.2) is 32.1 Å². The highest BCUT2D eigenvalue weighted by Gasteiger charge is 2.46. The van der Waals surface area contributed by atoms with Gasteiger partial charge in [0.05, 0.1) is 12.9 Å². The summed E-state index contributed by atoms with van der Waals surface area (Å²) in [5, 5.41) is 10.1. The molecular formula is C19H38O4Si. The molecule has 142 valence electrons. The minimum absolute atomic E-state index is 0.201. The van der Waals surface area contributed by atoms with Crippen molar-refractivity contribution in [1.29, 1.82) is 0 Å². The molecule has 0 radical (unpaired) electrons. The van der Waals surface area contributed by atoms with E-state index in [1.54, 1.807) is 6.92 Å². The fourth-order valence-electron chi connectivity index (χ4n) is 3.55. The topological polar surface area (TPSA) is 55.8 Å². The third-order valence-corrected chi connectivity index (χ3v) is 10.8. The van der Waals surface area contributed by atoms with Gasteiger partial charge in [0.2, 0.25) is 0 Å². The molecule has 1 unspecified atom stereocenters. The van der Waals surface area contributed by atoms with Crippen LogP contribution in [0.15, 0.2) is 11.8 Å². The van der Waals surface area contributed by atoms with Crippen LogP contribution in [0.3, 0.4) is 0 Å². The SMILES string of the molecule is CCOC(=O)C(O)C/C(=C\O[Si](C(C)C)(C(C)C)C(C)C)C(C)C. The van der Waals surface area contributed by atoms with E-state index in [9.17, 15) is 9.90 Å². The Bertz CT molecular complexity index is 392. The maximum atomic E-state index is 11.7. The fraction of sp³-hybridized carbons (Fsp3) is 0.842. The Morgan fingerprint density at radius 2 is 1.46 bits per heavy atom. The first-order chi connectivity index (χ1) is 11.0. The number of rotatable bonds is 10. The highest BCUT2D eigenvalue weighted by molar-refractivity contribution is 6.77. The highest BCUT2D eigenvalue weighted by atomic mass is 28.4. The molecular weight excluding hydrogens is 320 g/mol. The van der Waals surface area contributed by atoms with Crippen LogP contribution in [0.2, 0.25) is 16.6 Å². The maximum absolute atomic E-state index is 11.7. The van der Waals surface area contributed by atoms with Crippen LogP contribution in [0, 0.1) is 5.92 Å². The van der Waals surface area contributed by atoms with Crippen molar-refractivity contribution in [3.05, 3.63) is 11.8 Å². The third-order valence-electron chi connectivity index (χ3n) is 4.85. The second kappa shape index (κ2) is 10.2. The zero-order valence-corrected chi connectivity index (χ0v) is 18.1. The molecule has 0 aliphatic rings. The number of esters is 1. The van der Waals surface area contributed by atoms with Gasteiger partial charge in [-0.15, -0.1) is 0 Å². The second-order valence-corrected chi connectivity index (χ2v) is 13.2. The number of carbonyl (C=O) groups excluding carboxylic acids is 1. The molecule has 5 heteroatoms. The molecule has 0 bridgehead atoms. The lowest BCUT2D eigenvalue weighted by molar-refractivity contribution is -0.152. The number of hydrogen-bond acceptors (Lipinski definition) is 4. The average Bonchev–Trinajstić information content (AvgIpc) is 2.45. The predicted molar refractivity (Wildman–Crippen MR) is 102 cm³/mol. The summed E-state index contributed by atoms with van der Waals surface area (Å²) in [6, 6.07) is 0. The third kappa shape index (κ3) is 5.92. The first kappa shape index (κ1) is 23.2. The van der Waals surface area contributed by atoms with Gasteiger partial charge in [-0.3, -0.25) is 0 Å². The lowest BCUT2D eigenvalue weighted by atomic mass is 9.98. The number of carbonyl (C=O) groups is 1. The molecule has 0 heterocycles. The second-order valence-electron chi connectivity index (χ2n) is 7.75. The molecule has 24 heavy (non-hydrogen) atoms. The quantitative estimate of drug-likeness (QED) is 0.338. The first-order valence-corrected chi connectivity index (χ1v) is 11.4. The van der Waals surface area contributed by atoms with E-state index in [1.807, 2.05) is 6.26 Å². The van der Waals surface area contributed by atoms with E-state index in [-0.39, 0.29) is 18.9 Å². The Morgan fingerprint density at radius 1 is 1.00 bits per heavy atom. The van der Waals surface area contributed by atoms with Crippen molar-refractivity contribution in [2.75, 3.05) is 6.61 Å². The van der Waals surface area contributed by atoms with Crippen molar-refractivity contribution in [3.8, 4) is 0 Å². The zero-order chi connectivity index (χ0) is 19.1. The van der Waals surface area contributed by atoms with Crippen LogP contribution in [0.4, 0.5) is 0 Å². The van der Waals surface area contributed by atoms with E-state index in [4.69, 9.17) is 9.16 Å². The number of hydrogen-bond donors (Lipinski definition) is 1. The molecule has 0 aliphatic carbocycles. The van der Waals surface area contributed by atoms with Crippen molar-refractivity contribution in [2.45, 2.75) is 91.5 Å². The van der Waals surface area contributed by atoms with E-state index >= 15 is 0 Å². The summed E-state index contributed by atoms with van der Waals surface area (Å²) in [7, 11) is -2.00. The number of aliphatic hydroxyl groups is 1. The fourth-order valence-corrected chi connectivity index (χ4v) is 8.72. The van der Waals surface area contributed by atoms with Gasteiger partial charge in [-0.05, 0) is 35.0 Å². The van der Waals surface area contributed by atoms with Crippen molar-refractivity contribution >= 4 is 14.3 Å². The molecule has 0 aromatic heterocycles. The lowest BCUT2D eigenvalue weighted by Gasteiger charge is -2.41. The summed E-state index contributed by atoms with van der Waals surface area (Å²) in [5.74, 6) is -0.364. The molecule has 0 rings (SSSR count). The molecule has 0 amide bonds. The van der Waals surface area contributed by atoms with E-state index in [2.05, 4.69) is 55.4 Å². The van der Waals surface area contributed by atoms with Gasteiger partial charge in [0.25, 0.3) is 8.32 Å². The molecule has 0 aliphatic heterocycles. The van der Waals surface area contributed by atoms with Crippen LogP contribution < -0.4 is 0 Å². The summed E-state index contributed by atoms with van der Waals surface area (Å²) in [6.45, 7) is 19.5. The first-order valence-electron chi connectivity index (χ1n) is 9.21. The maximum Gasteiger partial charge on any atom is 0.335 e. The van der Waals surface area contributed by atoms with Gasteiger partial charge in [0.15, 0.2) is 6.10 Å². The molecule has 0 saturated heterocycles. The van der Waals surface area contributed by atoms with Gasteiger partial charge in [0.1, 0.15) is 0 Å². The Hall–Kier alpha value is -0.813. The van der Waals surface area contributed by atoms with Gasteiger partial charge < -0.3 is 14.3 Å². The minimum Gasteiger partial charge on any atom is -0.548 e. The van der Waals surface area contributed by atoms with Crippen LogP contribution in [0.5, 0.6) is 0 Å². The minimum atomic E-state index is -2.00. The van der Waals surface area contributed by atoms with Gasteiger partial charge >= 0.3 is 5.97 Å². The van der Waals surface area contributed by atoms with Crippen molar-refractivity contribution in [1.82, 2.24) is 0 Å². The van der Waals surface area contributed by atoms with Gasteiger partial charge in [0, 0.05) is 6.42 Å². The van der Waals surface area contributed by atoms with Gasteiger partial charge in [-0.2, -0.15) is 0 Å². The summed E-state index contributed by atoms with van der Waals surface area (Å²) >= 11 is 0. The standard InChI is InChI=1S/C19H38O4Si/c1-10-22-19(21)18(20)11-17(13(2)3)12-23-24(14(4)5,15(6)7)16(8)9/h12-16,18,20H,10-11H2,1-9H3/b17-12+. The monoisotopic (exact) mass is 358 g/mol. The number of ether oxygens (including phenoxy) is 1. The normalized spacial score (nSPS) is 14.7. The summed E-state index contributed by atoms with van der Waals surface area (Å²) in [4.78, 5) is 11.7. The Labute approximate surface area is 149 Å². The molecule has 0 aromatic carbocycles. The summed E-state index contributed by atoms with van der Waals surface area (Å²) < 4.78 is 11.4. The van der Waals surface area contributed by atoms with E-state index < -0.39 is 20.4 Å². The average molecular weight is 359 g/mol. The smallest absolute Gasteiger partial charge is 0.335 e. The molecule has 0 spiro atoms. The summed E-state index contributed by atoms with van der Waals surface area (Å²) in [5.41, 5.74) is 2.40. The molecule has 1 atom stereocenters. The van der Waals surface area contributed by atoms with E-state index in [0.29, 0.717) is 16.6 Å². The molecule has 0 aromatic rings. The van der Waals surface area contributed by atoms with E-state index in [0.717, 1.165) is 5.57 Å². The zero-order valence-electron chi connectivity index (χ0n) is 17.1. The van der Waals surface area contributed by atoms with Crippen molar-refractivity contribution in [3.63, 3.8) is 0 Å². The molecule has 0 fully saturated rings. The Kier molecular flexibility index (Phi) is 9.89. The van der Waals surface area contributed by atoms with Crippen LogP contribution in [0.1, 0.15) is 68.7 Å². The Balaban J connectivity index is 5.41. The summed E-state index contributed by atoms with van der Waals surface area (Å²) in [6.07, 6.45) is 0.963. The van der Waals surface area contributed by atoms with Crippen LogP contribution in [-0.2, 0) is 14.0 Å². The van der Waals surface area contributed by atoms with Crippen LogP contribution >= 0.6 is 0 Å². The number of aliphatic hydroxyl groups excluding tert-OH is 1. The van der Waals surface area contributed by atoms with Gasteiger partial charge in [-0.1, -0.05) is 55.4 Å². The predicted octanol–water partition coefficient (Wildman–Crippen LogP) is 5.03. The van der Waals surface area contributed by atoms with Crippen molar-refractivity contribution in [2.24, 2.45) is 5.92 Å². The molecule has 1 N–H and O–H groups in total. The highest BCUT2D eigenvalue weighted by Crippen LogP contribution is 2.42. The lowest BCUT2D eigenvalue weighted by Crippen LogP contribution is -2.46. The van der Waals surface area contributed by atoms with E-state index in [1.165, 1.54) is 0 Å². The van der Waals surface area contributed by atoms with Crippen LogP contribution in [0.25, 0.3) is 0 Å².